The van der Waals surface area contributed by atoms with Gasteiger partial charge in [-0.25, -0.2) is 0 Å². The predicted molar refractivity (Wildman–Crippen MR) is 88.1 cm³/mol. The maximum Gasteiger partial charge on any atom is 0.138 e. The molecule has 0 aliphatic heterocycles. The summed E-state index contributed by atoms with van der Waals surface area (Å²) in [7, 11) is 0. The Labute approximate surface area is 129 Å². The zero-order valence-electron chi connectivity index (χ0n) is 12.3. The van der Waals surface area contributed by atoms with Crippen molar-refractivity contribution in [2.75, 3.05) is 0 Å². The normalized spacial score (nSPS) is 11.0. The zero-order chi connectivity index (χ0) is 14.8. The number of benzene rings is 2. The fraction of sp³-hybridized carbons (Fsp3) is 0.222. The SMILES string of the molecule is CCn1cc(COc2ccccc2Cl)c2ccc(C)cc21. The molecule has 0 bridgehead atoms. The molecule has 3 aromatic rings. The van der Waals surface area contributed by atoms with Crippen LogP contribution in [0.1, 0.15) is 18.1 Å². The van der Waals surface area contributed by atoms with Crippen molar-refractivity contribution in [3.63, 3.8) is 0 Å². The molecule has 0 amide bonds. The van der Waals surface area contributed by atoms with Gasteiger partial charge in [0.05, 0.1) is 5.02 Å². The summed E-state index contributed by atoms with van der Waals surface area (Å²) in [6, 6.07) is 14.1. The van der Waals surface area contributed by atoms with E-state index in [1.54, 1.807) is 0 Å². The second-order valence-corrected chi connectivity index (χ2v) is 5.59. The molecule has 3 rings (SSSR count). The summed E-state index contributed by atoms with van der Waals surface area (Å²) >= 11 is 6.13. The molecule has 0 saturated heterocycles. The standard InChI is InChI=1S/C18H18ClNO/c1-3-20-11-14(15-9-8-13(2)10-17(15)20)12-21-18-7-5-4-6-16(18)19/h4-11H,3,12H2,1-2H3. The van der Waals surface area contributed by atoms with Crippen molar-refractivity contribution in [1.82, 2.24) is 4.57 Å². The molecule has 0 N–H and O–H groups in total. The van der Waals surface area contributed by atoms with Crippen molar-refractivity contribution in [2.24, 2.45) is 0 Å². The monoisotopic (exact) mass is 299 g/mol. The van der Waals surface area contributed by atoms with Gasteiger partial charge in [0.15, 0.2) is 0 Å². The Morgan fingerprint density at radius 2 is 1.95 bits per heavy atom. The van der Waals surface area contributed by atoms with Crippen LogP contribution in [0.4, 0.5) is 0 Å². The zero-order valence-corrected chi connectivity index (χ0v) is 13.0. The Kier molecular flexibility index (Phi) is 3.89. The molecule has 2 nitrogen and oxygen atoms in total. The summed E-state index contributed by atoms with van der Waals surface area (Å²) < 4.78 is 8.13. The van der Waals surface area contributed by atoms with Crippen LogP contribution in [0.15, 0.2) is 48.7 Å². The van der Waals surface area contributed by atoms with Crippen LogP contribution in [-0.4, -0.2) is 4.57 Å². The highest BCUT2D eigenvalue weighted by molar-refractivity contribution is 6.32. The summed E-state index contributed by atoms with van der Waals surface area (Å²) in [5.74, 6) is 0.726. The Hall–Kier alpha value is -1.93. The van der Waals surface area contributed by atoms with Crippen LogP contribution in [0.3, 0.4) is 0 Å². The molecule has 2 aromatic carbocycles. The first-order valence-corrected chi connectivity index (χ1v) is 7.52. The van der Waals surface area contributed by atoms with Crippen LogP contribution in [-0.2, 0) is 13.2 Å². The molecular weight excluding hydrogens is 282 g/mol. The van der Waals surface area contributed by atoms with Crippen LogP contribution in [0, 0.1) is 6.92 Å². The van der Waals surface area contributed by atoms with Crippen LogP contribution < -0.4 is 4.74 Å². The first-order valence-electron chi connectivity index (χ1n) is 7.14. The van der Waals surface area contributed by atoms with E-state index in [9.17, 15) is 0 Å². The first-order chi connectivity index (χ1) is 10.2. The molecule has 0 saturated carbocycles. The van der Waals surface area contributed by atoms with E-state index in [0.717, 1.165) is 12.3 Å². The fourth-order valence-corrected chi connectivity index (χ4v) is 2.76. The number of aryl methyl sites for hydroxylation is 2. The number of para-hydroxylation sites is 1. The second kappa shape index (κ2) is 5.82. The number of rotatable bonds is 4. The largest absolute Gasteiger partial charge is 0.487 e. The van der Waals surface area contributed by atoms with Gasteiger partial charge in [-0.2, -0.15) is 0 Å². The van der Waals surface area contributed by atoms with Crippen molar-refractivity contribution in [3.8, 4) is 5.75 Å². The van der Waals surface area contributed by atoms with Crippen LogP contribution in [0.2, 0.25) is 5.02 Å². The molecule has 21 heavy (non-hydrogen) atoms. The van der Waals surface area contributed by atoms with Crippen LogP contribution in [0.25, 0.3) is 10.9 Å². The summed E-state index contributed by atoms with van der Waals surface area (Å²) in [4.78, 5) is 0. The van der Waals surface area contributed by atoms with Gasteiger partial charge in [0, 0.05) is 29.2 Å². The minimum atomic E-state index is 0.524. The van der Waals surface area contributed by atoms with E-state index in [2.05, 4.69) is 42.8 Å². The lowest BCUT2D eigenvalue weighted by Gasteiger charge is -2.07. The molecule has 0 radical (unpaired) electrons. The smallest absolute Gasteiger partial charge is 0.138 e. The van der Waals surface area contributed by atoms with Gasteiger partial charge in [-0.05, 0) is 37.6 Å². The fourth-order valence-electron chi connectivity index (χ4n) is 2.57. The predicted octanol–water partition coefficient (Wildman–Crippen LogP) is 5.20. The van der Waals surface area contributed by atoms with Gasteiger partial charge >= 0.3 is 0 Å². The third-order valence-electron chi connectivity index (χ3n) is 3.68. The number of hydrogen-bond acceptors (Lipinski definition) is 1. The maximum absolute atomic E-state index is 6.13. The topological polar surface area (TPSA) is 14.2 Å². The molecule has 0 spiro atoms. The quantitative estimate of drug-likeness (QED) is 0.645. The van der Waals surface area contributed by atoms with Gasteiger partial charge < -0.3 is 9.30 Å². The minimum Gasteiger partial charge on any atom is -0.487 e. The Morgan fingerprint density at radius 3 is 2.71 bits per heavy atom. The third-order valence-corrected chi connectivity index (χ3v) is 3.99. The summed E-state index contributed by atoms with van der Waals surface area (Å²) in [6.45, 7) is 5.75. The molecule has 1 heterocycles. The highest BCUT2D eigenvalue weighted by Gasteiger charge is 2.09. The average Bonchev–Trinajstić information content (AvgIpc) is 2.83. The maximum atomic E-state index is 6.13. The highest BCUT2D eigenvalue weighted by atomic mass is 35.5. The van der Waals surface area contributed by atoms with E-state index in [1.807, 2.05) is 24.3 Å². The Balaban J connectivity index is 1.92. The van der Waals surface area contributed by atoms with E-state index in [-0.39, 0.29) is 0 Å². The average molecular weight is 300 g/mol. The summed E-state index contributed by atoms with van der Waals surface area (Å²) in [5.41, 5.74) is 3.72. The molecule has 0 atom stereocenters. The molecule has 1 aromatic heterocycles. The second-order valence-electron chi connectivity index (χ2n) is 5.18. The van der Waals surface area contributed by atoms with Crippen molar-refractivity contribution in [1.29, 1.82) is 0 Å². The number of nitrogens with zero attached hydrogens (tertiary/aromatic N) is 1. The number of halogens is 1. The molecule has 0 aliphatic carbocycles. The van der Waals surface area contributed by atoms with Crippen molar-refractivity contribution < 1.29 is 4.74 Å². The van der Waals surface area contributed by atoms with E-state index in [0.29, 0.717) is 11.6 Å². The van der Waals surface area contributed by atoms with Crippen molar-refractivity contribution in [3.05, 3.63) is 64.8 Å². The summed E-state index contributed by atoms with van der Waals surface area (Å²) in [6.07, 6.45) is 2.17. The van der Waals surface area contributed by atoms with Gasteiger partial charge in [0.2, 0.25) is 0 Å². The van der Waals surface area contributed by atoms with Gasteiger partial charge in [0.1, 0.15) is 12.4 Å². The first kappa shape index (κ1) is 14.0. The molecular formula is C18H18ClNO. The molecule has 108 valence electrons. The van der Waals surface area contributed by atoms with E-state index < -0.39 is 0 Å². The third kappa shape index (κ3) is 2.77. The Bertz CT molecular complexity index is 776. The lowest BCUT2D eigenvalue weighted by atomic mass is 10.1. The van der Waals surface area contributed by atoms with Gasteiger partial charge in [-0.1, -0.05) is 35.9 Å². The highest BCUT2D eigenvalue weighted by Crippen LogP contribution is 2.27. The lowest BCUT2D eigenvalue weighted by molar-refractivity contribution is 0.307. The van der Waals surface area contributed by atoms with Gasteiger partial charge in [0.25, 0.3) is 0 Å². The number of hydrogen-bond donors (Lipinski definition) is 0. The van der Waals surface area contributed by atoms with Crippen LogP contribution in [0.5, 0.6) is 5.75 Å². The molecule has 0 unspecified atom stereocenters. The number of ether oxygens (including phenoxy) is 1. The summed E-state index contributed by atoms with van der Waals surface area (Å²) in [5, 5.41) is 1.89. The van der Waals surface area contributed by atoms with Gasteiger partial charge in [-0.15, -0.1) is 0 Å². The minimum absolute atomic E-state index is 0.524. The molecule has 0 fully saturated rings. The van der Waals surface area contributed by atoms with E-state index >= 15 is 0 Å². The van der Waals surface area contributed by atoms with Crippen molar-refractivity contribution >= 4 is 22.5 Å². The van der Waals surface area contributed by atoms with Crippen LogP contribution >= 0.6 is 11.6 Å². The van der Waals surface area contributed by atoms with E-state index in [1.165, 1.54) is 22.0 Å². The lowest BCUT2D eigenvalue weighted by Crippen LogP contribution is -1.95. The number of aromatic nitrogens is 1. The molecule has 0 aliphatic rings. The van der Waals surface area contributed by atoms with Gasteiger partial charge in [-0.3, -0.25) is 0 Å². The van der Waals surface area contributed by atoms with Crippen molar-refractivity contribution in [2.45, 2.75) is 27.0 Å². The Morgan fingerprint density at radius 1 is 1.14 bits per heavy atom. The number of fused-ring (bicyclic) bond motifs is 1. The molecule has 3 heteroatoms. The van der Waals surface area contributed by atoms with E-state index in [4.69, 9.17) is 16.3 Å².